The molecule has 46 heavy (non-hydrogen) atoms. The molecule has 1 heterocycles. The number of nitrogens with one attached hydrogen (secondary N) is 1. The van der Waals surface area contributed by atoms with Crippen LogP contribution in [-0.2, 0) is 32.2 Å². The smallest absolute Gasteiger partial charge is 0.303 e. The average molecular weight is 627 g/mol. The number of amides is 1. The summed E-state index contributed by atoms with van der Waals surface area (Å²) in [6, 6.07) is 24.6. The normalized spacial score (nSPS) is 21.7. The SMILES string of the molecule is C=CCN(C[C@@H]1O[C@H](c2ccc(-c3ccccc3CNC(=O)CCC(=O)O)cc2)O[C@H](c2ccc(CO)cc2)[C@@H]1C)C1CCCC1. The van der Waals surface area contributed by atoms with Gasteiger partial charge in [-0.1, -0.05) is 98.6 Å². The van der Waals surface area contributed by atoms with Crippen LogP contribution in [-0.4, -0.2) is 52.2 Å². The summed E-state index contributed by atoms with van der Waals surface area (Å²) in [5, 5.41) is 21.3. The van der Waals surface area contributed by atoms with Crippen LogP contribution in [0.4, 0.5) is 0 Å². The molecule has 3 aromatic rings. The quantitative estimate of drug-likeness (QED) is 0.174. The Kier molecular flexibility index (Phi) is 11.8. The summed E-state index contributed by atoms with van der Waals surface area (Å²) in [5.41, 5.74) is 5.78. The van der Waals surface area contributed by atoms with E-state index in [2.05, 4.69) is 23.7 Å². The van der Waals surface area contributed by atoms with E-state index in [1.165, 1.54) is 25.7 Å². The second-order valence-corrected chi connectivity index (χ2v) is 12.5. The highest BCUT2D eigenvalue weighted by molar-refractivity contribution is 5.80. The van der Waals surface area contributed by atoms with Crippen LogP contribution in [0, 0.1) is 5.92 Å². The van der Waals surface area contributed by atoms with Crippen molar-refractivity contribution in [3.63, 3.8) is 0 Å². The number of hydrogen-bond acceptors (Lipinski definition) is 6. The number of aliphatic carboxylic acids is 1. The second-order valence-electron chi connectivity index (χ2n) is 12.5. The van der Waals surface area contributed by atoms with Crippen LogP contribution in [0.2, 0.25) is 0 Å². The van der Waals surface area contributed by atoms with Gasteiger partial charge in [0.2, 0.25) is 5.91 Å². The number of aliphatic hydroxyl groups excluding tert-OH is 1. The summed E-state index contributed by atoms with van der Waals surface area (Å²) >= 11 is 0. The van der Waals surface area contributed by atoms with Gasteiger partial charge in [0.25, 0.3) is 0 Å². The number of carbonyl (C=O) groups excluding carboxylic acids is 1. The van der Waals surface area contributed by atoms with Gasteiger partial charge in [0.1, 0.15) is 0 Å². The zero-order valence-electron chi connectivity index (χ0n) is 26.6. The van der Waals surface area contributed by atoms with Crippen LogP contribution < -0.4 is 5.32 Å². The molecule has 0 unspecified atom stereocenters. The number of hydrogen-bond donors (Lipinski definition) is 3. The van der Waals surface area contributed by atoms with Crippen LogP contribution >= 0.6 is 0 Å². The molecule has 8 heteroatoms. The maximum Gasteiger partial charge on any atom is 0.303 e. The predicted molar refractivity (Wildman–Crippen MR) is 178 cm³/mol. The fourth-order valence-corrected chi connectivity index (χ4v) is 6.65. The van der Waals surface area contributed by atoms with Gasteiger partial charge in [-0.2, -0.15) is 0 Å². The van der Waals surface area contributed by atoms with Crippen molar-refractivity contribution in [1.82, 2.24) is 10.2 Å². The summed E-state index contributed by atoms with van der Waals surface area (Å²) in [6.07, 6.45) is 5.87. The van der Waals surface area contributed by atoms with Gasteiger partial charge in [-0.3, -0.25) is 14.5 Å². The molecule has 3 aromatic carbocycles. The first-order chi connectivity index (χ1) is 22.4. The summed E-state index contributed by atoms with van der Waals surface area (Å²) in [6.45, 7) is 8.16. The molecular formula is C38H46N2O6. The monoisotopic (exact) mass is 626 g/mol. The molecule has 0 spiro atoms. The van der Waals surface area contributed by atoms with Gasteiger partial charge in [-0.15, -0.1) is 6.58 Å². The molecule has 1 amide bonds. The lowest BCUT2D eigenvalue weighted by molar-refractivity contribution is -0.276. The molecule has 0 aromatic heterocycles. The van der Waals surface area contributed by atoms with Crippen LogP contribution in [0.25, 0.3) is 11.1 Å². The van der Waals surface area contributed by atoms with Gasteiger partial charge in [-0.25, -0.2) is 0 Å². The van der Waals surface area contributed by atoms with Crippen LogP contribution in [0.1, 0.15) is 80.1 Å². The Labute approximate surface area is 272 Å². The topological polar surface area (TPSA) is 108 Å². The summed E-state index contributed by atoms with van der Waals surface area (Å²) in [4.78, 5) is 25.5. The van der Waals surface area contributed by atoms with Crippen molar-refractivity contribution in [2.75, 3.05) is 13.1 Å². The highest BCUT2D eigenvalue weighted by Gasteiger charge is 2.40. The minimum absolute atomic E-state index is 0.000189. The molecule has 1 aliphatic heterocycles. The number of aliphatic hydroxyl groups is 1. The van der Waals surface area contributed by atoms with E-state index in [0.717, 1.165) is 46.5 Å². The van der Waals surface area contributed by atoms with Crippen molar-refractivity contribution in [2.24, 2.45) is 5.92 Å². The Bertz CT molecular complexity index is 1450. The first kappa shape index (κ1) is 33.5. The maximum absolute atomic E-state index is 12.2. The molecule has 244 valence electrons. The second kappa shape index (κ2) is 16.1. The fraction of sp³-hybridized carbons (Fsp3) is 0.421. The fourth-order valence-electron chi connectivity index (χ4n) is 6.65. The number of carbonyl (C=O) groups is 2. The largest absolute Gasteiger partial charge is 0.481 e. The van der Waals surface area contributed by atoms with Gasteiger partial charge >= 0.3 is 5.97 Å². The van der Waals surface area contributed by atoms with Gasteiger partial charge in [0.05, 0.1) is 25.2 Å². The highest BCUT2D eigenvalue weighted by Crippen LogP contribution is 2.42. The number of rotatable bonds is 14. The molecule has 0 bridgehead atoms. The Hall–Kier alpha value is -3.82. The van der Waals surface area contributed by atoms with E-state index in [1.54, 1.807) is 0 Å². The lowest BCUT2D eigenvalue weighted by Gasteiger charge is -2.43. The molecule has 3 N–H and O–H groups in total. The molecule has 1 aliphatic carbocycles. The minimum Gasteiger partial charge on any atom is -0.481 e. The Morgan fingerprint density at radius 1 is 0.957 bits per heavy atom. The molecule has 2 fully saturated rings. The van der Waals surface area contributed by atoms with Crippen molar-refractivity contribution in [2.45, 2.75) is 83.1 Å². The molecule has 4 atom stereocenters. The molecule has 2 aliphatic rings. The molecule has 0 radical (unpaired) electrons. The maximum atomic E-state index is 12.2. The Balaban J connectivity index is 1.36. The highest BCUT2D eigenvalue weighted by atomic mass is 16.7. The third-order valence-corrected chi connectivity index (χ3v) is 9.30. The van der Waals surface area contributed by atoms with E-state index in [9.17, 15) is 14.7 Å². The van der Waals surface area contributed by atoms with Gasteiger partial charge in [0.15, 0.2) is 6.29 Å². The van der Waals surface area contributed by atoms with E-state index in [4.69, 9.17) is 14.6 Å². The number of nitrogens with zero attached hydrogens (tertiary/aromatic N) is 1. The standard InChI is InChI=1S/C38H46N2O6/c1-3-22-40(32-9-5-6-10-32)24-34-26(2)37(29-14-12-27(25-41)13-15-29)46-38(45-34)30-18-16-28(17-19-30)33-11-7-4-8-31(33)23-39-35(42)20-21-36(43)44/h3-4,7-8,11-19,26,32,34,37-38,41H,1,5-6,9-10,20-25H2,2H3,(H,39,42)(H,43,44)/t26-,34+,37+,38+/m1/s1. The molecule has 5 rings (SSSR count). The first-order valence-corrected chi connectivity index (χ1v) is 16.4. The van der Waals surface area contributed by atoms with E-state index in [0.29, 0.717) is 12.6 Å². The van der Waals surface area contributed by atoms with Crippen LogP contribution in [0.15, 0.2) is 85.5 Å². The van der Waals surface area contributed by atoms with Crippen LogP contribution in [0.3, 0.4) is 0 Å². The van der Waals surface area contributed by atoms with Crippen LogP contribution in [0.5, 0.6) is 0 Å². The van der Waals surface area contributed by atoms with Crippen molar-refractivity contribution < 1.29 is 29.3 Å². The average Bonchev–Trinajstić information content (AvgIpc) is 3.63. The van der Waals surface area contributed by atoms with E-state index < -0.39 is 12.3 Å². The third kappa shape index (κ3) is 8.50. The first-order valence-electron chi connectivity index (χ1n) is 16.4. The van der Waals surface area contributed by atoms with E-state index in [-0.39, 0.29) is 43.5 Å². The van der Waals surface area contributed by atoms with E-state index >= 15 is 0 Å². The molecular weight excluding hydrogens is 580 g/mol. The number of ether oxygens (including phenoxy) is 2. The predicted octanol–water partition coefficient (Wildman–Crippen LogP) is 6.55. The van der Waals surface area contributed by atoms with Crippen molar-refractivity contribution in [3.8, 4) is 11.1 Å². The van der Waals surface area contributed by atoms with Gasteiger partial charge < -0.3 is 25.0 Å². The van der Waals surface area contributed by atoms with Crippen molar-refractivity contribution in [1.29, 1.82) is 0 Å². The van der Waals surface area contributed by atoms with Crippen molar-refractivity contribution in [3.05, 3.63) is 108 Å². The lowest BCUT2D eigenvalue weighted by Crippen LogP contribution is -2.47. The minimum atomic E-state index is -0.990. The summed E-state index contributed by atoms with van der Waals surface area (Å²) in [5.74, 6) is -1.18. The number of benzene rings is 3. The Morgan fingerprint density at radius 2 is 1.65 bits per heavy atom. The molecule has 1 saturated carbocycles. The number of carboxylic acid groups (broad SMARTS) is 1. The summed E-state index contributed by atoms with van der Waals surface area (Å²) < 4.78 is 13.5. The number of carboxylic acids is 1. The summed E-state index contributed by atoms with van der Waals surface area (Å²) in [7, 11) is 0. The van der Waals surface area contributed by atoms with Crippen molar-refractivity contribution >= 4 is 11.9 Å². The molecule has 8 nitrogen and oxygen atoms in total. The van der Waals surface area contributed by atoms with E-state index in [1.807, 2.05) is 78.9 Å². The van der Waals surface area contributed by atoms with Gasteiger partial charge in [-0.05, 0) is 40.7 Å². The van der Waals surface area contributed by atoms with Gasteiger partial charge in [0, 0.05) is 43.6 Å². The zero-order chi connectivity index (χ0) is 32.5. The third-order valence-electron chi connectivity index (χ3n) is 9.30. The zero-order valence-corrected chi connectivity index (χ0v) is 26.6. The Morgan fingerprint density at radius 3 is 2.33 bits per heavy atom. The molecule has 1 saturated heterocycles. The lowest BCUT2D eigenvalue weighted by atomic mass is 9.89.